The highest BCUT2D eigenvalue weighted by molar-refractivity contribution is 5.79. The molecule has 2 atom stereocenters. The van der Waals surface area contributed by atoms with Gasteiger partial charge in [-0.3, -0.25) is 9.89 Å². The zero-order valence-corrected chi connectivity index (χ0v) is 20.0. The highest BCUT2D eigenvalue weighted by Crippen LogP contribution is 2.38. The minimum Gasteiger partial charge on any atom is -0.406 e. The maximum atomic E-state index is 13.4. The van der Waals surface area contributed by atoms with Gasteiger partial charge in [-0.25, -0.2) is 0 Å². The van der Waals surface area contributed by atoms with Gasteiger partial charge in [-0.2, -0.15) is 5.10 Å². The summed E-state index contributed by atoms with van der Waals surface area (Å²) in [4.78, 5) is 15.3. The molecule has 1 saturated carbocycles. The highest BCUT2D eigenvalue weighted by atomic mass is 19.4. The SMILES string of the molecule is O=C(C1CCCC1)N1CC(c2ccc(OC(F)(F)F)cc2)CC(c2cc(Cc3ccccc3)[nH]n2)C1. The maximum absolute atomic E-state index is 13.4. The molecule has 8 heteroatoms. The van der Waals surface area contributed by atoms with Crippen LogP contribution in [0.1, 0.15) is 66.5 Å². The second-order valence-corrected chi connectivity index (χ2v) is 9.95. The largest absolute Gasteiger partial charge is 0.573 e. The van der Waals surface area contributed by atoms with E-state index in [9.17, 15) is 18.0 Å². The summed E-state index contributed by atoms with van der Waals surface area (Å²) in [6.45, 7) is 1.17. The fourth-order valence-corrected chi connectivity index (χ4v) is 5.60. The molecule has 2 aliphatic rings. The number of alkyl halides is 3. The third kappa shape index (κ3) is 5.91. The second-order valence-electron chi connectivity index (χ2n) is 9.95. The number of nitrogens with one attached hydrogen (secondary N) is 1. The molecule has 3 aromatic rings. The van der Waals surface area contributed by atoms with Gasteiger partial charge in [-0.05, 0) is 48.6 Å². The normalized spacial score (nSPS) is 21.0. The predicted molar refractivity (Wildman–Crippen MR) is 130 cm³/mol. The van der Waals surface area contributed by atoms with Crippen molar-refractivity contribution in [3.05, 3.63) is 83.2 Å². The first-order valence-corrected chi connectivity index (χ1v) is 12.6. The Kier molecular flexibility index (Phi) is 7.03. The topological polar surface area (TPSA) is 58.2 Å². The zero-order valence-electron chi connectivity index (χ0n) is 20.0. The Balaban J connectivity index is 1.36. The van der Waals surface area contributed by atoms with Crippen LogP contribution in [-0.2, 0) is 11.2 Å². The Labute approximate surface area is 208 Å². The van der Waals surface area contributed by atoms with Crippen LogP contribution in [0.2, 0.25) is 0 Å². The maximum Gasteiger partial charge on any atom is 0.573 e. The van der Waals surface area contributed by atoms with Gasteiger partial charge in [0.05, 0.1) is 5.69 Å². The first kappa shape index (κ1) is 24.4. The molecule has 0 bridgehead atoms. The van der Waals surface area contributed by atoms with Crippen LogP contribution in [0.25, 0.3) is 0 Å². The van der Waals surface area contributed by atoms with E-state index in [1.54, 1.807) is 12.1 Å². The average molecular weight is 498 g/mol. The van der Waals surface area contributed by atoms with E-state index < -0.39 is 6.36 Å². The third-order valence-electron chi connectivity index (χ3n) is 7.36. The Morgan fingerprint density at radius 3 is 2.39 bits per heavy atom. The number of piperidine rings is 1. The van der Waals surface area contributed by atoms with Gasteiger partial charge in [0.15, 0.2) is 0 Å². The molecule has 2 aromatic carbocycles. The van der Waals surface area contributed by atoms with Gasteiger partial charge in [0.1, 0.15) is 5.75 Å². The molecule has 1 amide bonds. The predicted octanol–water partition coefficient (Wildman–Crippen LogP) is 6.19. The highest BCUT2D eigenvalue weighted by Gasteiger charge is 2.36. The monoisotopic (exact) mass is 497 g/mol. The summed E-state index contributed by atoms with van der Waals surface area (Å²) >= 11 is 0. The van der Waals surface area contributed by atoms with Crippen molar-refractivity contribution in [3.8, 4) is 5.75 Å². The smallest absolute Gasteiger partial charge is 0.406 e. The molecule has 2 heterocycles. The number of nitrogens with zero attached hydrogens (tertiary/aromatic N) is 2. The summed E-state index contributed by atoms with van der Waals surface area (Å²) in [5, 5.41) is 7.76. The molecule has 5 nitrogen and oxygen atoms in total. The van der Waals surface area contributed by atoms with Gasteiger partial charge in [-0.15, -0.1) is 13.2 Å². The number of aromatic nitrogens is 2. The molecule has 1 aromatic heterocycles. The average Bonchev–Trinajstić information content (AvgIpc) is 3.56. The van der Waals surface area contributed by atoms with Crippen LogP contribution in [-0.4, -0.2) is 40.5 Å². The molecule has 190 valence electrons. The summed E-state index contributed by atoms with van der Waals surface area (Å²) in [7, 11) is 0. The van der Waals surface area contributed by atoms with Crippen molar-refractivity contribution in [3.63, 3.8) is 0 Å². The van der Waals surface area contributed by atoms with E-state index in [1.165, 1.54) is 17.7 Å². The lowest BCUT2D eigenvalue weighted by Crippen LogP contribution is -2.44. The first-order valence-electron chi connectivity index (χ1n) is 12.6. The summed E-state index contributed by atoms with van der Waals surface area (Å²) < 4.78 is 41.8. The molecule has 1 aliphatic carbocycles. The summed E-state index contributed by atoms with van der Waals surface area (Å²) in [6, 6.07) is 18.3. The molecule has 0 radical (unpaired) electrons. The Morgan fingerprint density at radius 1 is 1.00 bits per heavy atom. The number of H-pyrrole nitrogens is 1. The lowest BCUT2D eigenvalue weighted by Gasteiger charge is -2.38. The van der Waals surface area contributed by atoms with Crippen LogP contribution in [0.3, 0.4) is 0 Å². The van der Waals surface area contributed by atoms with E-state index in [-0.39, 0.29) is 29.4 Å². The summed E-state index contributed by atoms with van der Waals surface area (Å²) in [6.07, 6.45) is 0.813. The summed E-state index contributed by atoms with van der Waals surface area (Å²) in [5.41, 5.74) is 4.03. The molecule has 5 rings (SSSR count). The van der Waals surface area contributed by atoms with Gasteiger partial charge in [0, 0.05) is 43.0 Å². The van der Waals surface area contributed by atoms with E-state index in [2.05, 4.69) is 33.1 Å². The van der Waals surface area contributed by atoms with E-state index in [4.69, 9.17) is 0 Å². The number of rotatable bonds is 6. The number of aromatic amines is 1. The molecule has 2 unspecified atom stereocenters. The van der Waals surface area contributed by atoms with Crippen LogP contribution in [0.15, 0.2) is 60.7 Å². The van der Waals surface area contributed by atoms with Crippen molar-refractivity contribution in [2.45, 2.75) is 56.7 Å². The molecule has 2 fully saturated rings. The second kappa shape index (κ2) is 10.4. The molecule has 0 spiro atoms. The lowest BCUT2D eigenvalue weighted by atomic mass is 9.82. The van der Waals surface area contributed by atoms with Crippen molar-refractivity contribution >= 4 is 5.91 Å². The van der Waals surface area contributed by atoms with E-state index in [0.717, 1.165) is 55.5 Å². The zero-order chi connectivity index (χ0) is 25.1. The number of halogens is 3. The molecule has 1 N–H and O–H groups in total. The number of likely N-dealkylation sites (tertiary alicyclic amines) is 1. The van der Waals surface area contributed by atoms with Crippen molar-refractivity contribution in [2.75, 3.05) is 13.1 Å². The standard InChI is InChI=1S/C28H30F3N3O2/c29-28(30,31)36-25-12-10-20(11-13-25)22-15-23(18-34(17-22)27(35)21-8-4-5-9-21)26-16-24(32-33-26)14-19-6-2-1-3-7-19/h1-3,6-7,10-13,16,21-23H,4-5,8-9,14-15,17-18H2,(H,32,33). The van der Waals surface area contributed by atoms with Crippen LogP contribution in [0.5, 0.6) is 5.75 Å². The number of carbonyl (C=O) groups is 1. The van der Waals surface area contributed by atoms with E-state index >= 15 is 0 Å². The van der Waals surface area contributed by atoms with Crippen molar-refractivity contribution < 1.29 is 22.7 Å². The Morgan fingerprint density at radius 2 is 1.69 bits per heavy atom. The van der Waals surface area contributed by atoms with Crippen molar-refractivity contribution in [1.29, 1.82) is 0 Å². The Bertz CT molecular complexity index is 1150. The fraction of sp³-hybridized carbons (Fsp3) is 0.429. The Hall–Kier alpha value is -3.29. The van der Waals surface area contributed by atoms with E-state index in [1.807, 2.05) is 23.1 Å². The quantitative estimate of drug-likeness (QED) is 0.442. The summed E-state index contributed by atoms with van der Waals surface area (Å²) in [5.74, 6) is 0.0682. The number of hydrogen-bond acceptors (Lipinski definition) is 3. The van der Waals surface area contributed by atoms with Gasteiger partial charge in [0.25, 0.3) is 0 Å². The third-order valence-corrected chi connectivity index (χ3v) is 7.36. The minimum absolute atomic E-state index is 0.00307. The molecular weight excluding hydrogens is 467 g/mol. The van der Waals surface area contributed by atoms with E-state index in [0.29, 0.717) is 13.1 Å². The van der Waals surface area contributed by atoms with Crippen molar-refractivity contribution in [1.82, 2.24) is 15.1 Å². The number of hydrogen-bond donors (Lipinski definition) is 1. The van der Waals surface area contributed by atoms with Gasteiger partial charge in [0.2, 0.25) is 5.91 Å². The molecular formula is C28H30F3N3O2. The minimum atomic E-state index is -4.72. The molecule has 1 aliphatic heterocycles. The number of benzene rings is 2. The number of carbonyl (C=O) groups excluding carboxylic acids is 1. The van der Waals surface area contributed by atoms with Crippen molar-refractivity contribution in [2.24, 2.45) is 5.92 Å². The fourth-order valence-electron chi connectivity index (χ4n) is 5.60. The lowest BCUT2D eigenvalue weighted by molar-refractivity contribution is -0.274. The first-order chi connectivity index (χ1) is 17.3. The van der Waals surface area contributed by atoms with Crippen LogP contribution in [0.4, 0.5) is 13.2 Å². The number of amides is 1. The van der Waals surface area contributed by atoms with Crippen LogP contribution >= 0.6 is 0 Å². The van der Waals surface area contributed by atoms with Gasteiger partial charge >= 0.3 is 6.36 Å². The van der Waals surface area contributed by atoms with Gasteiger partial charge in [-0.1, -0.05) is 55.3 Å². The van der Waals surface area contributed by atoms with Crippen LogP contribution in [0, 0.1) is 5.92 Å². The van der Waals surface area contributed by atoms with Gasteiger partial charge < -0.3 is 9.64 Å². The molecule has 1 saturated heterocycles. The number of ether oxygens (including phenoxy) is 1. The van der Waals surface area contributed by atoms with Crippen LogP contribution < -0.4 is 4.74 Å². The molecule has 36 heavy (non-hydrogen) atoms.